The summed E-state index contributed by atoms with van der Waals surface area (Å²) in [7, 11) is 0. The third-order valence-corrected chi connectivity index (χ3v) is 4.25. The van der Waals surface area contributed by atoms with E-state index in [0.717, 1.165) is 36.8 Å². The Morgan fingerprint density at radius 3 is 2.67 bits per heavy atom. The molecule has 0 aromatic heterocycles. The van der Waals surface area contributed by atoms with Gasteiger partial charge in [0.25, 0.3) is 0 Å². The molecule has 0 amide bonds. The monoisotopic (exact) mass is 290 g/mol. The third kappa shape index (κ3) is 3.82. The molecule has 0 aliphatic carbocycles. The predicted molar refractivity (Wildman–Crippen MR) is 85.4 cm³/mol. The lowest BCUT2D eigenvalue weighted by Gasteiger charge is -2.32. The van der Waals surface area contributed by atoms with Crippen LogP contribution >= 0.6 is 0 Å². The maximum atomic E-state index is 5.75. The van der Waals surface area contributed by atoms with Crippen molar-refractivity contribution in [3.63, 3.8) is 0 Å². The van der Waals surface area contributed by atoms with Crippen molar-refractivity contribution in [2.75, 3.05) is 38.2 Å². The zero-order chi connectivity index (χ0) is 14.5. The van der Waals surface area contributed by atoms with E-state index in [4.69, 9.17) is 9.47 Å². The molecule has 1 saturated heterocycles. The maximum absolute atomic E-state index is 5.75. The van der Waals surface area contributed by atoms with Crippen LogP contribution in [-0.2, 0) is 0 Å². The Kier molecular flexibility index (Phi) is 4.86. The van der Waals surface area contributed by atoms with Crippen molar-refractivity contribution in [3.8, 4) is 11.5 Å². The molecule has 2 aliphatic heterocycles. The van der Waals surface area contributed by atoms with Crippen molar-refractivity contribution >= 4 is 5.69 Å². The summed E-state index contributed by atoms with van der Waals surface area (Å²) < 4.78 is 11.4. The molecule has 1 N–H and O–H groups in total. The molecule has 21 heavy (non-hydrogen) atoms. The number of likely N-dealkylation sites (tertiary alicyclic amines) is 1. The molecule has 4 nitrogen and oxygen atoms in total. The highest BCUT2D eigenvalue weighted by Gasteiger charge is 2.19. The van der Waals surface area contributed by atoms with Gasteiger partial charge in [-0.3, -0.25) is 0 Å². The number of fused-ring (bicyclic) bond motifs is 1. The number of nitrogens with one attached hydrogen (secondary N) is 1. The summed E-state index contributed by atoms with van der Waals surface area (Å²) in [4.78, 5) is 2.56. The van der Waals surface area contributed by atoms with E-state index in [0.29, 0.717) is 6.04 Å². The van der Waals surface area contributed by atoms with Crippen molar-refractivity contribution in [1.29, 1.82) is 0 Å². The van der Waals surface area contributed by atoms with Crippen molar-refractivity contribution in [2.24, 2.45) is 0 Å². The number of hydrogen-bond donors (Lipinski definition) is 1. The molecule has 4 heteroatoms. The van der Waals surface area contributed by atoms with Gasteiger partial charge in [0.1, 0.15) is 0 Å². The van der Waals surface area contributed by atoms with Gasteiger partial charge in [-0.2, -0.15) is 0 Å². The molecular formula is C17H26N2O2. The van der Waals surface area contributed by atoms with Gasteiger partial charge in [-0.25, -0.2) is 0 Å². The number of hydrogen-bond acceptors (Lipinski definition) is 4. The van der Waals surface area contributed by atoms with Gasteiger partial charge in [-0.1, -0.05) is 6.92 Å². The van der Waals surface area contributed by atoms with E-state index in [1.54, 1.807) is 0 Å². The van der Waals surface area contributed by atoms with Crippen molar-refractivity contribution < 1.29 is 9.47 Å². The first-order chi connectivity index (χ1) is 10.3. The Morgan fingerprint density at radius 1 is 1.14 bits per heavy atom. The number of rotatable bonds is 4. The van der Waals surface area contributed by atoms with Crippen LogP contribution < -0.4 is 14.8 Å². The summed E-state index contributed by atoms with van der Waals surface area (Å²) in [6.07, 6.45) is 4.64. The highest BCUT2D eigenvalue weighted by Crippen LogP contribution is 2.32. The van der Waals surface area contributed by atoms with Crippen LogP contribution in [0.4, 0.5) is 5.69 Å². The van der Waals surface area contributed by atoms with E-state index in [1.165, 1.54) is 38.9 Å². The average molecular weight is 290 g/mol. The van der Waals surface area contributed by atoms with Crippen LogP contribution in [0.25, 0.3) is 0 Å². The first kappa shape index (κ1) is 14.5. The minimum atomic E-state index is 0.572. The minimum absolute atomic E-state index is 0.572. The molecule has 0 radical (unpaired) electrons. The lowest BCUT2D eigenvalue weighted by molar-refractivity contribution is 0.219. The highest BCUT2D eigenvalue weighted by molar-refractivity contribution is 5.55. The summed E-state index contributed by atoms with van der Waals surface area (Å²) in [5.74, 6) is 1.75. The number of benzene rings is 1. The SMILES string of the molecule is CCCN1CCC(Nc2ccc3c(c2)OCCCO3)CC1. The minimum Gasteiger partial charge on any atom is -0.490 e. The fourth-order valence-corrected chi connectivity index (χ4v) is 3.11. The van der Waals surface area contributed by atoms with E-state index >= 15 is 0 Å². The zero-order valence-electron chi connectivity index (χ0n) is 12.9. The molecule has 0 saturated carbocycles. The van der Waals surface area contributed by atoms with Gasteiger partial charge < -0.3 is 19.7 Å². The second-order valence-corrected chi connectivity index (χ2v) is 5.97. The first-order valence-electron chi connectivity index (χ1n) is 8.23. The largest absolute Gasteiger partial charge is 0.490 e. The molecule has 2 aliphatic rings. The number of nitrogens with zero attached hydrogens (tertiary/aromatic N) is 1. The van der Waals surface area contributed by atoms with Gasteiger partial charge in [0.05, 0.1) is 13.2 Å². The number of ether oxygens (including phenoxy) is 2. The second-order valence-electron chi connectivity index (χ2n) is 5.97. The van der Waals surface area contributed by atoms with Gasteiger partial charge >= 0.3 is 0 Å². The average Bonchev–Trinajstić information content (AvgIpc) is 2.74. The van der Waals surface area contributed by atoms with Crippen LogP contribution in [0, 0.1) is 0 Å². The molecule has 1 aromatic carbocycles. The Bertz CT molecular complexity index is 456. The molecular weight excluding hydrogens is 264 g/mol. The Hall–Kier alpha value is -1.42. The smallest absolute Gasteiger partial charge is 0.163 e. The molecule has 3 rings (SSSR count). The molecule has 0 atom stereocenters. The first-order valence-corrected chi connectivity index (χ1v) is 8.23. The molecule has 1 fully saturated rings. The topological polar surface area (TPSA) is 33.7 Å². The molecule has 116 valence electrons. The van der Waals surface area contributed by atoms with Gasteiger partial charge in [0.2, 0.25) is 0 Å². The summed E-state index contributed by atoms with van der Waals surface area (Å²) in [6.45, 7) is 7.38. The molecule has 2 heterocycles. The van der Waals surface area contributed by atoms with Crippen LogP contribution in [0.2, 0.25) is 0 Å². The Balaban J connectivity index is 1.57. The van der Waals surface area contributed by atoms with E-state index < -0.39 is 0 Å². The number of piperidine rings is 1. The fraction of sp³-hybridized carbons (Fsp3) is 0.647. The van der Waals surface area contributed by atoms with Gasteiger partial charge in [-0.15, -0.1) is 0 Å². The van der Waals surface area contributed by atoms with Crippen LogP contribution in [0.3, 0.4) is 0 Å². The van der Waals surface area contributed by atoms with E-state index in [1.807, 2.05) is 6.07 Å². The lowest BCUT2D eigenvalue weighted by atomic mass is 10.0. The Morgan fingerprint density at radius 2 is 1.90 bits per heavy atom. The van der Waals surface area contributed by atoms with Crippen LogP contribution in [-0.4, -0.2) is 43.8 Å². The standard InChI is InChI=1S/C17H26N2O2/c1-2-8-19-9-6-14(7-10-19)18-15-4-5-16-17(13-15)21-12-3-11-20-16/h4-5,13-14,18H,2-3,6-12H2,1H3. The van der Waals surface area contributed by atoms with E-state index in [-0.39, 0.29) is 0 Å². The van der Waals surface area contributed by atoms with Crippen molar-refractivity contribution in [2.45, 2.75) is 38.6 Å². The second kappa shape index (κ2) is 7.03. The normalized spacial score (nSPS) is 20.0. The summed E-state index contributed by atoms with van der Waals surface area (Å²) in [6, 6.07) is 6.78. The highest BCUT2D eigenvalue weighted by atomic mass is 16.5. The number of anilines is 1. The quantitative estimate of drug-likeness (QED) is 0.923. The van der Waals surface area contributed by atoms with Gasteiger partial charge in [0.15, 0.2) is 11.5 Å². The van der Waals surface area contributed by atoms with Crippen LogP contribution in [0.5, 0.6) is 11.5 Å². The van der Waals surface area contributed by atoms with E-state index in [2.05, 4.69) is 29.3 Å². The molecule has 0 bridgehead atoms. The molecule has 1 aromatic rings. The summed E-state index contributed by atoms with van der Waals surface area (Å²) in [5.41, 5.74) is 1.15. The van der Waals surface area contributed by atoms with Gasteiger partial charge in [-0.05, 0) is 37.9 Å². The summed E-state index contributed by atoms with van der Waals surface area (Å²) in [5, 5.41) is 3.65. The zero-order valence-corrected chi connectivity index (χ0v) is 12.9. The molecule has 0 unspecified atom stereocenters. The Labute approximate surface area is 127 Å². The lowest BCUT2D eigenvalue weighted by Crippen LogP contribution is -2.39. The van der Waals surface area contributed by atoms with E-state index in [9.17, 15) is 0 Å². The molecule has 0 spiro atoms. The maximum Gasteiger partial charge on any atom is 0.163 e. The predicted octanol–water partition coefficient (Wildman–Crippen LogP) is 3.13. The third-order valence-electron chi connectivity index (χ3n) is 4.25. The van der Waals surface area contributed by atoms with Gasteiger partial charge in [0, 0.05) is 37.3 Å². The summed E-state index contributed by atoms with van der Waals surface area (Å²) >= 11 is 0. The van der Waals surface area contributed by atoms with Crippen molar-refractivity contribution in [3.05, 3.63) is 18.2 Å². The van der Waals surface area contributed by atoms with Crippen LogP contribution in [0.1, 0.15) is 32.6 Å². The van der Waals surface area contributed by atoms with Crippen molar-refractivity contribution in [1.82, 2.24) is 4.90 Å². The fourth-order valence-electron chi connectivity index (χ4n) is 3.11. The van der Waals surface area contributed by atoms with Crippen LogP contribution in [0.15, 0.2) is 18.2 Å².